The predicted octanol–water partition coefficient (Wildman–Crippen LogP) is 6.37. The number of para-hydroxylation sites is 2. The van der Waals surface area contributed by atoms with E-state index in [4.69, 9.17) is 11.6 Å². The third kappa shape index (κ3) is 4.23. The van der Waals surface area contributed by atoms with Gasteiger partial charge in [0.25, 0.3) is 11.8 Å². The highest BCUT2D eigenvalue weighted by atomic mass is 35.5. The van der Waals surface area contributed by atoms with E-state index in [0.717, 1.165) is 32.6 Å². The molecular weight excluding hydrogens is 555 g/mol. The Balaban J connectivity index is 1.27. The summed E-state index contributed by atoms with van der Waals surface area (Å²) in [5.74, 6) is -1.22. The predicted molar refractivity (Wildman–Crippen MR) is 158 cm³/mol. The molecule has 2 atom stereocenters. The number of urea groups is 1. The largest absolute Gasteiger partial charge is 0.356 e. The first-order valence-corrected chi connectivity index (χ1v) is 13.9. The van der Waals surface area contributed by atoms with Crippen molar-refractivity contribution >= 4 is 46.0 Å². The van der Waals surface area contributed by atoms with Crippen LogP contribution in [-0.2, 0) is 17.8 Å². The number of halogens is 2. The van der Waals surface area contributed by atoms with Gasteiger partial charge in [-0.15, -0.1) is 0 Å². The van der Waals surface area contributed by atoms with Gasteiger partial charge in [0.1, 0.15) is 17.9 Å². The van der Waals surface area contributed by atoms with Gasteiger partial charge in [0.15, 0.2) is 0 Å². The number of aromatic nitrogens is 1. The zero-order valence-electron chi connectivity index (χ0n) is 22.2. The summed E-state index contributed by atoms with van der Waals surface area (Å²) in [6.07, 6.45) is 0.330. The molecule has 0 spiro atoms. The third-order valence-electron chi connectivity index (χ3n) is 7.97. The number of benzene rings is 4. The van der Waals surface area contributed by atoms with Crippen molar-refractivity contribution in [2.75, 3.05) is 4.90 Å². The smallest absolute Gasteiger partial charge is 0.332 e. The molecule has 7 nitrogen and oxygen atoms in total. The second-order valence-electron chi connectivity index (χ2n) is 10.4. The van der Waals surface area contributed by atoms with Gasteiger partial charge in [-0.3, -0.25) is 14.5 Å². The van der Waals surface area contributed by atoms with Crippen LogP contribution in [0.5, 0.6) is 0 Å². The summed E-state index contributed by atoms with van der Waals surface area (Å²) in [4.78, 5) is 47.9. The zero-order valence-corrected chi connectivity index (χ0v) is 22.9. The number of carbonyl (C=O) groups excluding carboxylic acids is 3. The highest BCUT2D eigenvalue weighted by molar-refractivity contribution is 6.30. The van der Waals surface area contributed by atoms with Crippen molar-refractivity contribution in [3.05, 3.63) is 136 Å². The molecule has 5 aromatic rings. The van der Waals surface area contributed by atoms with Crippen LogP contribution in [-0.4, -0.2) is 33.8 Å². The van der Waals surface area contributed by atoms with Crippen LogP contribution >= 0.6 is 11.6 Å². The Morgan fingerprint density at radius 3 is 2.52 bits per heavy atom. The van der Waals surface area contributed by atoms with Crippen LogP contribution in [0.25, 0.3) is 10.9 Å². The van der Waals surface area contributed by atoms with Crippen LogP contribution in [0.2, 0.25) is 5.02 Å². The molecular formula is C33H24ClFN4O3. The molecule has 0 radical (unpaired) electrons. The van der Waals surface area contributed by atoms with Gasteiger partial charge in [-0.2, -0.15) is 0 Å². The lowest BCUT2D eigenvalue weighted by molar-refractivity contribution is -0.120. The van der Waals surface area contributed by atoms with Crippen molar-refractivity contribution in [1.82, 2.24) is 15.2 Å². The number of rotatable bonds is 5. The van der Waals surface area contributed by atoms with Gasteiger partial charge in [-0.1, -0.05) is 66.2 Å². The molecule has 0 saturated carbocycles. The third-order valence-corrected chi connectivity index (χ3v) is 8.20. The fourth-order valence-electron chi connectivity index (χ4n) is 6.06. The van der Waals surface area contributed by atoms with Crippen molar-refractivity contribution in [3.63, 3.8) is 0 Å². The summed E-state index contributed by atoms with van der Waals surface area (Å²) in [7, 11) is 0. The monoisotopic (exact) mass is 578 g/mol. The first-order chi connectivity index (χ1) is 20.4. The number of anilines is 1. The number of aromatic amines is 1. The maximum Gasteiger partial charge on any atom is 0.332 e. The molecule has 3 heterocycles. The Labute approximate surface area is 245 Å². The summed E-state index contributed by atoms with van der Waals surface area (Å²) in [6, 6.07) is 25.6. The fraction of sp³-hybridized carbons (Fsp3) is 0.121. The van der Waals surface area contributed by atoms with Crippen LogP contribution in [0, 0.1) is 5.82 Å². The van der Waals surface area contributed by atoms with Crippen LogP contribution in [0.3, 0.4) is 0 Å². The van der Waals surface area contributed by atoms with E-state index in [1.165, 1.54) is 12.1 Å². The minimum atomic E-state index is -0.775. The summed E-state index contributed by atoms with van der Waals surface area (Å²) < 4.78 is 13.3. The molecule has 7 rings (SSSR count). The Kier molecular flexibility index (Phi) is 6.28. The van der Waals surface area contributed by atoms with E-state index in [1.54, 1.807) is 53.4 Å². The average Bonchev–Trinajstić information content (AvgIpc) is 3.49. The van der Waals surface area contributed by atoms with Gasteiger partial charge >= 0.3 is 6.03 Å². The van der Waals surface area contributed by atoms with E-state index in [9.17, 15) is 18.8 Å². The number of imide groups is 1. The number of nitrogens with one attached hydrogen (secondary N) is 2. The summed E-state index contributed by atoms with van der Waals surface area (Å²) in [5.41, 5.74) is 4.61. The zero-order chi connectivity index (χ0) is 29.0. The van der Waals surface area contributed by atoms with Crippen LogP contribution in [0.1, 0.15) is 38.8 Å². The Hall–Kier alpha value is -4.95. The second-order valence-corrected chi connectivity index (χ2v) is 10.9. The topological polar surface area (TPSA) is 85.5 Å². The molecule has 2 aliphatic heterocycles. The molecule has 4 amide bonds. The summed E-state index contributed by atoms with van der Waals surface area (Å²) in [5, 5.41) is 4.34. The molecule has 1 fully saturated rings. The molecule has 42 heavy (non-hydrogen) atoms. The number of carbonyl (C=O) groups is 3. The molecule has 1 aromatic heterocycles. The lowest BCUT2D eigenvalue weighted by Crippen LogP contribution is -2.44. The molecule has 0 aliphatic carbocycles. The van der Waals surface area contributed by atoms with E-state index in [1.807, 2.05) is 36.4 Å². The maximum absolute atomic E-state index is 14.2. The first kappa shape index (κ1) is 26.0. The molecule has 1 saturated heterocycles. The standard InChI is InChI=1S/C33H24ClFN4O3/c34-21-7-5-6-20(16-21)30-29-25(23-8-1-3-10-26(23)37-29)17-28-32(41)39(33(42)38(28)30)27-11-4-2-9-24(27)31(40)36-18-19-12-14-22(35)15-13-19/h1-16,28,30,37H,17-18H2,(H,36,40)/t28-,30-/m0/s1. The quantitative estimate of drug-likeness (QED) is 0.238. The average molecular weight is 579 g/mol. The van der Waals surface area contributed by atoms with Crippen molar-refractivity contribution in [1.29, 1.82) is 0 Å². The number of H-pyrrole nitrogens is 1. The lowest BCUT2D eigenvalue weighted by Gasteiger charge is -2.36. The Morgan fingerprint density at radius 1 is 0.952 bits per heavy atom. The van der Waals surface area contributed by atoms with Gasteiger partial charge in [0.2, 0.25) is 0 Å². The lowest BCUT2D eigenvalue weighted by atomic mass is 9.89. The van der Waals surface area contributed by atoms with Gasteiger partial charge < -0.3 is 10.3 Å². The van der Waals surface area contributed by atoms with E-state index in [0.29, 0.717) is 17.0 Å². The van der Waals surface area contributed by atoms with Crippen molar-refractivity contribution in [2.45, 2.75) is 25.0 Å². The summed E-state index contributed by atoms with van der Waals surface area (Å²) in [6.45, 7) is 0.155. The first-order valence-electron chi connectivity index (χ1n) is 13.5. The van der Waals surface area contributed by atoms with Crippen molar-refractivity contribution in [3.8, 4) is 0 Å². The van der Waals surface area contributed by atoms with E-state index >= 15 is 0 Å². The van der Waals surface area contributed by atoms with Crippen LogP contribution < -0.4 is 10.2 Å². The summed E-state index contributed by atoms with van der Waals surface area (Å²) >= 11 is 6.39. The van der Waals surface area contributed by atoms with Crippen LogP contribution in [0.15, 0.2) is 97.1 Å². The van der Waals surface area contributed by atoms with Crippen molar-refractivity contribution < 1.29 is 18.8 Å². The Bertz CT molecular complexity index is 1890. The van der Waals surface area contributed by atoms with E-state index in [-0.39, 0.29) is 23.6 Å². The molecule has 0 unspecified atom stereocenters. The highest BCUT2D eigenvalue weighted by Crippen LogP contribution is 2.45. The molecule has 9 heteroatoms. The molecule has 2 aliphatic rings. The van der Waals surface area contributed by atoms with E-state index < -0.39 is 29.9 Å². The molecule has 208 valence electrons. The number of amides is 4. The SMILES string of the molecule is O=C(NCc1ccc(F)cc1)c1ccccc1N1C(=O)[C@@H]2Cc3c([nH]c4ccccc34)[C@H](c3cccc(Cl)c3)N2C1=O. The fourth-order valence-corrected chi connectivity index (χ4v) is 6.26. The van der Waals surface area contributed by atoms with Crippen molar-refractivity contribution in [2.24, 2.45) is 0 Å². The minimum Gasteiger partial charge on any atom is -0.356 e. The molecule has 2 N–H and O–H groups in total. The number of nitrogens with zero attached hydrogens (tertiary/aromatic N) is 2. The molecule has 0 bridgehead atoms. The van der Waals surface area contributed by atoms with Gasteiger partial charge in [0, 0.05) is 34.6 Å². The van der Waals surface area contributed by atoms with E-state index in [2.05, 4.69) is 10.3 Å². The number of fused-ring (bicyclic) bond motifs is 4. The number of hydrogen-bond donors (Lipinski definition) is 2. The number of hydrogen-bond acceptors (Lipinski definition) is 3. The highest BCUT2D eigenvalue weighted by Gasteiger charge is 2.53. The maximum atomic E-state index is 14.2. The minimum absolute atomic E-state index is 0.155. The second kappa shape index (κ2) is 10.2. The van der Waals surface area contributed by atoms with Crippen LogP contribution in [0.4, 0.5) is 14.9 Å². The normalized spacial score (nSPS) is 17.9. The van der Waals surface area contributed by atoms with Gasteiger partial charge in [-0.05, 0) is 59.2 Å². The van der Waals surface area contributed by atoms with Gasteiger partial charge in [-0.25, -0.2) is 14.1 Å². The van der Waals surface area contributed by atoms with Gasteiger partial charge in [0.05, 0.1) is 11.3 Å². The Morgan fingerprint density at radius 2 is 1.71 bits per heavy atom. The molecule has 4 aromatic carbocycles.